The zero-order valence-electron chi connectivity index (χ0n) is 17.8. The van der Waals surface area contributed by atoms with E-state index in [0.29, 0.717) is 11.1 Å². The minimum Gasteiger partial charge on any atom is -0.459 e. The molecule has 3 aromatic carbocycles. The van der Waals surface area contributed by atoms with Gasteiger partial charge in [-0.1, -0.05) is 66.7 Å². The van der Waals surface area contributed by atoms with Crippen LogP contribution in [-0.4, -0.2) is 48.3 Å². The van der Waals surface area contributed by atoms with Crippen LogP contribution in [0.25, 0.3) is 0 Å². The number of rotatable bonds is 8. The summed E-state index contributed by atoms with van der Waals surface area (Å²) >= 11 is 0. The lowest BCUT2D eigenvalue weighted by molar-refractivity contribution is -0.150. The van der Waals surface area contributed by atoms with Gasteiger partial charge in [0.2, 0.25) is 0 Å². The minimum atomic E-state index is -1.36. The van der Waals surface area contributed by atoms with Crippen molar-refractivity contribution in [3.8, 4) is 0 Å². The minimum absolute atomic E-state index is 0.182. The van der Waals surface area contributed by atoms with E-state index in [9.17, 15) is 14.7 Å². The molecule has 0 saturated carbocycles. The van der Waals surface area contributed by atoms with Crippen LogP contribution in [0.3, 0.4) is 0 Å². The highest BCUT2D eigenvalue weighted by Gasteiger charge is 2.48. The normalized spacial score (nSPS) is 22.0. The Bertz CT molecular complexity index is 1040. The molecule has 0 amide bonds. The van der Waals surface area contributed by atoms with Gasteiger partial charge in [-0.25, -0.2) is 9.59 Å². The van der Waals surface area contributed by atoms with Gasteiger partial charge in [-0.2, -0.15) is 0 Å². The fourth-order valence-corrected chi connectivity index (χ4v) is 3.51. The van der Waals surface area contributed by atoms with Crippen molar-refractivity contribution in [2.24, 2.45) is 0 Å². The molecule has 33 heavy (non-hydrogen) atoms. The predicted octanol–water partition coefficient (Wildman–Crippen LogP) is 3.37. The van der Waals surface area contributed by atoms with Crippen molar-refractivity contribution < 1.29 is 33.6 Å². The molecule has 1 unspecified atom stereocenters. The van der Waals surface area contributed by atoms with Gasteiger partial charge in [0.1, 0.15) is 18.8 Å². The van der Waals surface area contributed by atoms with Crippen LogP contribution in [0.2, 0.25) is 0 Å². The van der Waals surface area contributed by atoms with Gasteiger partial charge in [-0.15, -0.1) is 0 Å². The Hall–Kier alpha value is -3.52. The van der Waals surface area contributed by atoms with Crippen molar-refractivity contribution in [2.45, 2.75) is 31.2 Å². The molecule has 1 N–H and O–H groups in total. The molecular formula is C26H24O7. The van der Waals surface area contributed by atoms with Crippen LogP contribution in [0, 0.1) is 0 Å². The third kappa shape index (κ3) is 5.84. The van der Waals surface area contributed by atoms with Crippen molar-refractivity contribution in [2.75, 3.05) is 6.61 Å². The number of aliphatic hydroxyl groups excluding tert-OH is 1. The summed E-state index contributed by atoms with van der Waals surface area (Å²) < 4.78 is 22.5. The number of esters is 2. The van der Waals surface area contributed by atoms with E-state index in [4.69, 9.17) is 18.9 Å². The third-order valence-electron chi connectivity index (χ3n) is 5.21. The van der Waals surface area contributed by atoms with Gasteiger partial charge in [0, 0.05) is 0 Å². The molecular weight excluding hydrogens is 424 g/mol. The molecule has 1 aliphatic rings. The van der Waals surface area contributed by atoms with Crippen LogP contribution in [0.1, 0.15) is 26.3 Å². The van der Waals surface area contributed by atoms with Gasteiger partial charge in [0.15, 0.2) is 12.4 Å². The van der Waals surface area contributed by atoms with E-state index in [2.05, 4.69) is 0 Å². The molecule has 4 atom stereocenters. The number of benzene rings is 3. The molecule has 1 saturated heterocycles. The van der Waals surface area contributed by atoms with Crippen molar-refractivity contribution in [1.82, 2.24) is 0 Å². The van der Waals surface area contributed by atoms with Crippen LogP contribution < -0.4 is 0 Å². The Balaban J connectivity index is 1.47. The molecule has 1 aliphatic heterocycles. The lowest BCUT2D eigenvalue weighted by Crippen LogP contribution is -2.40. The van der Waals surface area contributed by atoms with Crippen LogP contribution in [0.4, 0.5) is 0 Å². The van der Waals surface area contributed by atoms with Gasteiger partial charge in [-0.3, -0.25) is 0 Å². The summed E-state index contributed by atoms with van der Waals surface area (Å²) in [5, 5.41) is 10.5. The molecule has 4 rings (SSSR count). The maximum atomic E-state index is 12.7. The Morgan fingerprint density at radius 3 is 1.91 bits per heavy atom. The number of carbonyl (C=O) groups is 2. The van der Waals surface area contributed by atoms with Gasteiger partial charge in [0.25, 0.3) is 0 Å². The molecule has 0 bridgehead atoms. The summed E-state index contributed by atoms with van der Waals surface area (Å²) in [7, 11) is 0. The molecule has 3 aromatic rings. The molecule has 7 nitrogen and oxygen atoms in total. The fraction of sp³-hybridized carbons (Fsp3) is 0.231. The number of ether oxygens (including phenoxy) is 4. The smallest absolute Gasteiger partial charge is 0.338 e. The van der Waals surface area contributed by atoms with E-state index in [1.54, 1.807) is 60.7 Å². The van der Waals surface area contributed by atoms with Crippen LogP contribution >= 0.6 is 0 Å². The lowest BCUT2D eigenvalue weighted by atomic mass is 10.1. The molecule has 170 valence electrons. The van der Waals surface area contributed by atoms with Crippen LogP contribution in [-0.2, 0) is 25.6 Å². The number of carbonyl (C=O) groups excluding carboxylic acids is 2. The Labute approximate surface area is 191 Å². The van der Waals surface area contributed by atoms with Gasteiger partial charge in [0.05, 0.1) is 17.7 Å². The average molecular weight is 448 g/mol. The zero-order chi connectivity index (χ0) is 23.0. The van der Waals surface area contributed by atoms with E-state index in [0.717, 1.165) is 5.56 Å². The number of aliphatic hydroxyl groups is 1. The number of hydrogen-bond acceptors (Lipinski definition) is 7. The summed E-state index contributed by atoms with van der Waals surface area (Å²) in [6, 6.07) is 26.4. The monoisotopic (exact) mass is 448 g/mol. The highest BCUT2D eigenvalue weighted by Crippen LogP contribution is 2.28. The highest BCUT2D eigenvalue weighted by atomic mass is 16.7. The SMILES string of the molecule is O=C(OC[C@H]1OC(O)[C@H](OCc2ccccc2)[C@@H]1OC(=O)c1ccccc1)c1ccccc1. The first-order valence-corrected chi connectivity index (χ1v) is 10.6. The van der Waals surface area contributed by atoms with Crippen molar-refractivity contribution in [3.63, 3.8) is 0 Å². The first-order valence-electron chi connectivity index (χ1n) is 10.6. The second-order valence-corrected chi connectivity index (χ2v) is 7.53. The van der Waals surface area contributed by atoms with E-state index < -0.39 is 36.5 Å². The summed E-state index contributed by atoms with van der Waals surface area (Å²) in [5.41, 5.74) is 1.61. The van der Waals surface area contributed by atoms with E-state index in [1.165, 1.54) is 0 Å². The first kappa shape index (κ1) is 22.7. The maximum absolute atomic E-state index is 12.7. The third-order valence-corrected chi connectivity index (χ3v) is 5.21. The Morgan fingerprint density at radius 1 is 0.758 bits per heavy atom. The highest BCUT2D eigenvalue weighted by molar-refractivity contribution is 5.90. The van der Waals surface area contributed by atoms with Gasteiger partial charge >= 0.3 is 11.9 Å². The van der Waals surface area contributed by atoms with Crippen LogP contribution in [0.15, 0.2) is 91.0 Å². The van der Waals surface area contributed by atoms with Crippen molar-refractivity contribution >= 4 is 11.9 Å². The molecule has 7 heteroatoms. The molecule has 1 fully saturated rings. The molecule has 0 aromatic heterocycles. The summed E-state index contributed by atoms with van der Waals surface area (Å²) in [6.45, 7) is -0.0371. The molecule has 0 radical (unpaired) electrons. The number of hydrogen-bond donors (Lipinski definition) is 1. The summed E-state index contributed by atoms with van der Waals surface area (Å²) in [4.78, 5) is 25.1. The zero-order valence-corrected chi connectivity index (χ0v) is 17.8. The summed E-state index contributed by atoms with van der Waals surface area (Å²) in [6.07, 6.45) is -4.21. The topological polar surface area (TPSA) is 91.3 Å². The van der Waals surface area contributed by atoms with Crippen LogP contribution in [0.5, 0.6) is 0 Å². The molecule has 0 spiro atoms. The second-order valence-electron chi connectivity index (χ2n) is 7.53. The summed E-state index contributed by atoms with van der Waals surface area (Å²) in [5.74, 6) is -1.14. The van der Waals surface area contributed by atoms with E-state index in [-0.39, 0.29) is 13.2 Å². The fourth-order valence-electron chi connectivity index (χ4n) is 3.51. The lowest BCUT2D eigenvalue weighted by Gasteiger charge is -2.23. The first-order chi connectivity index (χ1) is 16.1. The maximum Gasteiger partial charge on any atom is 0.338 e. The largest absolute Gasteiger partial charge is 0.459 e. The second kappa shape index (κ2) is 10.9. The molecule has 0 aliphatic carbocycles. The molecule has 1 heterocycles. The standard InChI is InChI=1S/C26H24O7/c27-24(19-12-6-2-7-13-19)31-17-21-22(33-25(28)20-14-8-3-9-15-20)23(26(29)32-21)30-16-18-10-4-1-5-11-18/h1-15,21-23,26,29H,16-17H2/t21-,22-,23-,26?/m1/s1. The van der Waals surface area contributed by atoms with Crippen molar-refractivity contribution in [3.05, 3.63) is 108 Å². The quantitative estimate of drug-likeness (QED) is 0.528. The Morgan fingerprint density at radius 2 is 1.30 bits per heavy atom. The predicted molar refractivity (Wildman–Crippen MR) is 118 cm³/mol. The van der Waals surface area contributed by atoms with Gasteiger partial charge in [-0.05, 0) is 29.8 Å². The van der Waals surface area contributed by atoms with E-state index >= 15 is 0 Å². The Kier molecular flexibility index (Phi) is 7.47. The average Bonchev–Trinajstić information content (AvgIpc) is 3.16. The van der Waals surface area contributed by atoms with Crippen molar-refractivity contribution in [1.29, 1.82) is 0 Å². The van der Waals surface area contributed by atoms with Gasteiger partial charge < -0.3 is 24.1 Å². The van der Waals surface area contributed by atoms with E-state index in [1.807, 2.05) is 30.3 Å².